The molecule has 2 aliphatic heterocycles. The lowest BCUT2D eigenvalue weighted by Gasteiger charge is -2.35. The SMILES string of the molecule is Oc1cccc(F)c1-c1cc2ncnc3c2c(c1Cl)OC[C@@H]1CNCCN31. The van der Waals surface area contributed by atoms with Gasteiger partial charge in [0.1, 0.15) is 30.3 Å². The van der Waals surface area contributed by atoms with Crippen LogP contribution in [0.2, 0.25) is 5.02 Å². The smallest absolute Gasteiger partial charge is 0.151 e. The maximum Gasteiger partial charge on any atom is 0.151 e. The van der Waals surface area contributed by atoms with Gasteiger partial charge in [-0.3, -0.25) is 0 Å². The third-order valence-corrected chi connectivity index (χ3v) is 5.48. The van der Waals surface area contributed by atoms with Crippen molar-refractivity contribution in [3.8, 4) is 22.6 Å². The van der Waals surface area contributed by atoms with Crippen LogP contribution < -0.4 is 15.0 Å². The summed E-state index contributed by atoms with van der Waals surface area (Å²) < 4.78 is 20.5. The number of fused-ring (bicyclic) bond motifs is 2. The van der Waals surface area contributed by atoms with Gasteiger partial charge in [-0.25, -0.2) is 14.4 Å². The Hall–Kier alpha value is -2.64. The van der Waals surface area contributed by atoms with Gasteiger partial charge in [0.05, 0.1) is 27.5 Å². The highest BCUT2D eigenvalue weighted by Crippen LogP contribution is 2.47. The summed E-state index contributed by atoms with van der Waals surface area (Å²) in [6.45, 7) is 2.85. The van der Waals surface area contributed by atoms with Crippen LogP contribution in [0.4, 0.5) is 10.2 Å². The zero-order valence-electron chi connectivity index (χ0n) is 14.2. The summed E-state index contributed by atoms with van der Waals surface area (Å²) in [5, 5.41) is 14.5. The van der Waals surface area contributed by atoms with E-state index in [-0.39, 0.29) is 22.4 Å². The van der Waals surface area contributed by atoms with E-state index < -0.39 is 5.82 Å². The summed E-state index contributed by atoms with van der Waals surface area (Å²) in [5.74, 6) is 0.447. The highest BCUT2D eigenvalue weighted by Gasteiger charge is 2.32. The first-order valence-corrected chi connectivity index (χ1v) is 9.08. The van der Waals surface area contributed by atoms with Crippen LogP contribution in [0.5, 0.6) is 11.5 Å². The van der Waals surface area contributed by atoms with Gasteiger partial charge in [0.2, 0.25) is 0 Å². The Morgan fingerprint density at radius 1 is 1.33 bits per heavy atom. The fourth-order valence-electron chi connectivity index (χ4n) is 3.83. The molecule has 0 bridgehead atoms. The van der Waals surface area contributed by atoms with Gasteiger partial charge in [-0.1, -0.05) is 17.7 Å². The number of nitrogens with zero attached hydrogens (tertiary/aromatic N) is 3. The number of benzene rings is 2. The number of rotatable bonds is 1. The van der Waals surface area contributed by atoms with Crippen LogP contribution in [0.25, 0.3) is 22.0 Å². The standard InChI is InChI=1S/C19H16ClFN4O2/c20-17-11(15-12(21)2-1-3-14(15)26)6-13-16-18(17)27-8-10-7-22-4-5-25(10)19(16)24-9-23-13/h1-3,6,9-10,22,26H,4-5,7-8H2/t10-/m0/s1. The number of piperazine rings is 1. The van der Waals surface area contributed by atoms with E-state index in [4.69, 9.17) is 16.3 Å². The monoisotopic (exact) mass is 386 g/mol. The number of nitrogens with one attached hydrogen (secondary N) is 1. The van der Waals surface area contributed by atoms with Gasteiger partial charge >= 0.3 is 0 Å². The molecule has 3 aromatic rings. The molecule has 5 rings (SSSR count). The molecule has 0 spiro atoms. The maximum absolute atomic E-state index is 14.5. The molecule has 8 heteroatoms. The van der Waals surface area contributed by atoms with E-state index >= 15 is 0 Å². The Bertz CT molecular complexity index is 1040. The van der Waals surface area contributed by atoms with Crippen molar-refractivity contribution >= 4 is 28.3 Å². The van der Waals surface area contributed by atoms with Gasteiger partial charge < -0.3 is 20.1 Å². The molecule has 1 aromatic heterocycles. The molecule has 3 heterocycles. The number of hydrogen-bond acceptors (Lipinski definition) is 6. The molecular formula is C19H16ClFN4O2. The van der Waals surface area contributed by atoms with Crippen molar-refractivity contribution in [3.63, 3.8) is 0 Å². The predicted molar refractivity (Wildman–Crippen MR) is 101 cm³/mol. The Morgan fingerprint density at radius 3 is 3.07 bits per heavy atom. The molecule has 2 aliphatic rings. The molecule has 1 saturated heterocycles. The second-order valence-corrected chi connectivity index (χ2v) is 7.03. The van der Waals surface area contributed by atoms with E-state index in [0.29, 0.717) is 28.8 Å². The van der Waals surface area contributed by atoms with E-state index in [1.807, 2.05) is 0 Å². The predicted octanol–water partition coefficient (Wildman–Crippen LogP) is 2.97. The summed E-state index contributed by atoms with van der Waals surface area (Å²) in [5.41, 5.74) is 0.974. The highest BCUT2D eigenvalue weighted by atomic mass is 35.5. The van der Waals surface area contributed by atoms with Gasteiger partial charge in [0.15, 0.2) is 5.75 Å². The average molecular weight is 387 g/mol. The van der Waals surface area contributed by atoms with Crippen molar-refractivity contribution in [2.45, 2.75) is 6.04 Å². The molecule has 27 heavy (non-hydrogen) atoms. The number of phenolic OH excluding ortho intramolecular Hbond substituents is 1. The summed E-state index contributed by atoms with van der Waals surface area (Å²) in [7, 11) is 0. The van der Waals surface area contributed by atoms with Crippen LogP contribution in [-0.2, 0) is 0 Å². The van der Waals surface area contributed by atoms with E-state index in [9.17, 15) is 9.50 Å². The number of phenols is 1. The Morgan fingerprint density at radius 2 is 2.22 bits per heavy atom. The van der Waals surface area contributed by atoms with Crippen molar-refractivity contribution in [2.24, 2.45) is 0 Å². The van der Waals surface area contributed by atoms with Crippen molar-refractivity contribution in [2.75, 3.05) is 31.1 Å². The van der Waals surface area contributed by atoms with Gasteiger partial charge in [0.25, 0.3) is 0 Å². The zero-order valence-corrected chi connectivity index (χ0v) is 15.0. The van der Waals surface area contributed by atoms with Crippen LogP contribution >= 0.6 is 11.6 Å². The summed E-state index contributed by atoms with van der Waals surface area (Å²) in [4.78, 5) is 11.0. The van der Waals surface area contributed by atoms with Crippen LogP contribution in [-0.4, -0.2) is 47.4 Å². The first kappa shape index (κ1) is 16.5. The summed E-state index contributed by atoms with van der Waals surface area (Å²) in [6, 6.07) is 5.95. The second kappa shape index (κ2) is 6.21. The molecule has 2 aromatic carbocycles. The van der Waals surface area contributed by atoms with Crippen LogP contribution in [0.3, 0.4) is 0 Å². The van der Waals surface area contributed by atoms with Crippen molar-refractivity contribution in [1.29, 1.82) is 0 Å². The topological polar surface area (TPSA) is 70.5 Å². The normalized spacial score (nSPS) is 18.7. The Kier molecular flexibility index (Phi) is 3.80. The minimum atomic E-state index is -0.562. The molecule has 138 valence electrons. The first-order chi connectivity index (χ1) is 13.1. The van der Waals surface area contributed by atoms with Crippen LogP contribution in [0.1, 0.15) is 0 Å². The fourth-order valence-corrected chi connectivity index (χ4v) is 4.13. The largest absolute Gasteiger partial charge is 0.507 e. The van der Waals surface area contributed by atoms with Crippen molar-refractivity contribution in [3.05, 3.63) is 41.4 Å². The average Bonchev–Trinajstić information content (AvgIpc) is 2.84. The second-order valence-electron chi connectivity index (χ2n) is 6.65. The summed E-state index contributed by atoms with van der Waals surface area (Å²) in [6.07, 6.45) is 1.49. The molecule has 0 aliphatic carbocycles. The zero-order chi connectivity index (χ0) is 18.5. The van der Waals surface area contributed by atoms with Crippen LogP contribution in [0, 0.1) is 5.82 Å². The van der Waals surface area contributed by atoms with E-state index in [2.05, 4.69) is 20.2 Å². The third-order valence-electron chi connectivity index (χ3n) is 5.10. The van der Waals surface area contributed by atoms with Crippen molar-refractivity contribution in [1.82, 2.24) is 15.3 Å². The molecule has 0 saturated carbocycles. The minimum absolute atomic E-state index is 0.0352. The Balaban J connectivity index is 1.80. The first-order valence-electron chi connectivity index (χ1n) is 8.70. The van der Waals surface area contributed by atoms with Crippen LogP contribution in [0.15, 0.2) is 30.6 Å². The molecule has 0 unspecified atom stereocenters. The number of ether oxygens (including phenoxy) is 1. The molecule has 2 N–H and O–H groups in total. The highest BCUT2D eigenvalue weighted by molar-refractivity contribution is 6.36. The van der Waals surface area contributed by atoms with E-state index in [0.717, 1.165) is 25.5 Å². The van der Waals surface area contributed by atoms with Gasteiger partial charge in [-0.05, 0) is 18.2 Å². The lowest BCUT2D eigenvalue weighted by Crippen LogP contribution is -2.53. The molecule has 1 fully saturated rings. The molecular weight excluding hydrogens is 371 g/mol. The minimum Gasteiger partial charge on any atom is -0.507 e. The van der Waals surface area contributed by atoms with Gasteiger partial charge in [0, 0.05) is 25.2 Å². The Labute approximate surface area is 159 Å². The molecule has 0 amide bonds. The summed E-state index contributed by atoms with van der Waals surface area (Å²) >= 11 is 6.65. The van der Waals surface area contributed by atoms with E-state index in [1.54, 1.807) is 6.07 Å². The fraction of sp³-hybridized carbons (Fsp3) is 0.263. The lowest BCUT2D eigenvalue weighted by atomic mass is 10.0. The number of anilines is 1. The van der Waals surface area contributed by atoms with Crippen molar-refractivity contribution < 1.29 is 14.2 Å². The van der Waals surface area contributed by atoms with E-state index in [1.165, 1.54) is 24.5 Å². The maximum atomic E-state index is 14.5. The molecule has 6 nitrogen and oxygen atoms in total. The number of hydrogen-bond donors (Lipinski definition) is 2. The van der Waals surface area contributed by atoms with Gasteiger partial charge in [-0.15, -0.1) is 0 Å². The lowest BCUT2D eigenvalue weighted by molar-refractivity contribution is 0.274. The van der Waals surface area contributed by atoms with Gasteiger partial charge in [-0.2, -0.15) is 0 Å². The quantitative estimate of drug-likeness (QED) is 0.670. The third kappa shape index (κ3) is 2.49. The molecule has 1 atom stereocenters. The number of aromatic hydroxyl groups is 1. The number of aromatic nitrogens is 2. The number of halogens is 2. The molecule has 0 radical (unpaired) electrons.